The molecule has 1 aliphatic rings. The second kappa shape index (κ2) is 8.08. The fourth-order valence-corrected chi connectivity index (χ4v) is 4.63. The molecule has 0 spiro atoms. The molecule has 0 aliphatic carbocycles. The third kappa shape index (κ3) is 4.47. The molecule has 2 N–H and O–H groups in total. The van der Waals surface area contributed by atoms with Crippen molar-refractivity contribution in [3.63, 3.8) is 0 Å². The molecule has 1 heterocycles. The van der Waals surface area contributed by atoms with Crippen LogP contribution in [0.5, 0.6) is 5.75 Å². The summed E-state index contributed by atoms with van der Waals surface area (Å²) < 4.78 is 32.3. The van der Waals surface area contributed by atoms with E-state index in [1.165, 1.54) is 12.1 Å². The van der Waals surface area contributed by atoms with Gasteiger partial charge in [-0.15, -0.1) is 0 Å². The number of rotatable bonds is 6. The monoisotopic (exact) mass is 391 g/mol. The van der Waals surface area contributed by atoms with E-state index in [0.717, 1.165) is 9.87 Å². The van der Waals surface area contributed by atoms with Crippen molar-refractivity contribution < 1.29 is 28.2 Å². The number of aliphatic hydroxyl groups is 1. The zero-order valence-corrected chi connectivity index (χ0v) is 15.4. The van der Waals surface area contributed by atoms with Crippen LogP contribution in [0.3, 0.4) is 0 Å². The third-order valence-electron chi connectivity index (χ3n) is 4.49. The number of ether oxygens (including phenoxy) is 1. The Hall–Kier alpha value is -2.42. The van der Waals surface area contributed by atoms with E-state index in [1.807, 2.05) is 30.3 Å². The topological polar surface area (TPSA) is 104 Å². The van der Waals surface area contributed by atoms with Gasteiger partial charge in [0.05, 0.1) is 11.0 Å². The van der Waals surface area contributed by atoms with Crippen molar-refractivity contribution in [3.05, 3.63) is 60.2 Å². The number of hydrogen-bond donors (Lipinski definition) is 2. The predicted molar refractivity (Wildman–Crippen MR) is 97.8 cm³/mol. The minimum absolute atomic E-state index is 0.00259. The Labute approximate surface area is 157 Å². The molecule has 3 rings (SSSR count). The lowest BCUT2D eigenvalue weighted by atomic mass is 10.0. The summed E-state index contributed by atoms with van der Waals surface area (Å²) in [5, 5.41) is 19.0. The molecule has 27 heavy (non-hydrogen) atoms. The maximum Gasteiger partial charge on any atom is 0.322 e. The number of nitrogens with zero attached hydrogens (tertiary/aromatic N) is 1. The van der Waals surface area contributed by atoms with Crippen LogP contribution in [0.1, 0.15) is 18.4 Å². The number of aliphatic hydroxyl groups excluding tert-OH is 1. The minimum atomic E-state index is -3.98. The highest BCUT2D eigenvalue weighted by Crippen LogP contribution is 2.27. The molecule has 144 valence electrons. The molecule has 0 aromatic heterocycles. The predicted octanol–water partition coefficient (Wildman–Crippen LogP) is 1.86. The molecule has 1 saturated heterocycles. The molecule has 0 saturated carbocycles. The average Bonchev–Trinajstić information content (AvgIpc) is 2.67. The minimum Gasteiger partial charge on any atom is -0.489 e. The van der Waals surface area contributed by atoms with E-state index in [9.17, 15) is 23.4 Å². The molecule has 7 nitrogen and oxygen atoms in total. The number of hydrogen-bond acceptors (Lipinski definition) is 5. The van der Waals surface area contributed by atoms with Crippen molar-refractivity contribution in [3.8, 4) is 5.75 Å². The van der Waals surface area contributed by atoms with Gasteiger partial charge in [0.1, 0.15) is 18.4 Å². The van der Waals surface area contributed by atoms with Crippen molar-refractivity contribution in [1.82, 2.24) is 4.31 Å². The molecular weight excluding hydrogens is 370 g/mol. The Morgan fingerprint density at radius 3 is 2.41 bits per heavy atom. The van der Waals surface area contributed by atoms with Gasteiger partial charge in [-0.25, -0.2) is 8.42 Å². The van der Waals surface area contributed by atoms with Crippen molar-refractivity contribution in [2.24, 2.45) is 0 Å². The van der Waals surface area contributed by atoms with Gasteiger partial charge < -0.3 is 14.9 Å². The molecule has 2 aromatic carbocycles. The lowest BCUT2D eigenvalue weighted by Crippen LogP contribution is -2.51. The molecule has 0 bridgehead atoms. The first-order chi connectivity index (χ1) is 12.9. The number of benzene rings is 2. The van der Waals surface area contributed by atoms with Crippen molar-refractivity contribution in [1.29, 1.82) is 0 Å². The van der Waals surface area contributed by atoms with Crippen molar-refractivity contribution in [2.45, 2.75) is 36.5 Å². The molecular formula is C19H21NO6S. The van der Waals surface area contributed by atoms with E-state index in [2.05, 4.69) is 0 Å². The van der Waals surface area contributed by atoms with Gasteiger partial charge in [0.15, 0.2) is 0 Å². The van der Waals surface area contributed by atoms with Gasteiger partial charge in [-0.3, -0.25) is 4.79 Å². The zero-order chi connectivity index (χ0) is 19.4. The van der Waals surface area contributed by atoms with Crippen LogP contribution in [0.25, 0.3) is 0 Å². The summed E-state index contributed by atoms with van der Waals surface area (Å²) in [6, 6.07) is 14.2. The Morgan fingerprint density at radius 1 is 1.11 bits per heavy atom. The van der Waals surface area contributed by atoms with Crippen molar-refractivity contribution >= 4 is 16.0 Å². The fraction of sp³-hybridized carbons (Fsp3) is 0.316. The van der Waals surface area contributed by atoms with Crippen LogP contribution in [-0.4, -0.2) is 47.6 Å². The summed E-state index contributed by atoms with van der Waals surface area (Å²) in [5.74, 6) is -0.748. The molecule has 1 fully saturated rings. The largest absolute Gasteiger partial charge is 0.489 e. The van der Waals surface area contributed by atoms with Gasteiger partial charge in [0, 0.05) is 13.0 Å². The molecule has 2 aromatic rings. The van der Waals surface area contributed by atoms with Gasteiger partial charge in [-0.2, -0.15) is 4.31 Å². The van der Waals surface area contributed by atoms with Crippen LogP contribution in [0.2, 0.25) is 0 Å². The highest BCUT2D eigenvalue weighted by atomic mass is 32.2. The summed E-state index contributed by atoms with van der Waals surface area (Å²) in [6.45, 7) is 0.324. The Kier molecular flexibility index (Phi) is 5.79. The smallest absolute Gasteiger partial charge is 0.322 e. The number of carbonyl (C=O) groups is 1. The maximum absolute atomic E-state index is 12.8. The first-order valence-corrected chi connectivity index (χ1v) is 10.0. The first-order valence-electron chi connectivity index (χ1n) is 8.57. The SMILES string of the molecule is O=C(O)[C@H]1C[C@H](O)CCN1S(=O)(=O)c1ccc(OCc2ccccc2)cc1. The Bertz CT molecular complexity index is 882. The van der Waals surface area contributed by atoms with E-state index in [4.69, 9.17) is 4.74 Å². The van der Waals surface area contributed by atoms with Crippen LogP contribution in [0.4, 0.5) is 0 Å². The van der Waals surface area contributed by atoms with Gasteiger partial charge in [0.2, 0.25) is 10.0 Å². The van der Waals surface area contributed by atoms with Gasteiger partial charge >= 0.3 is 5.97 Å². The molecule has 0 amide bonds. The van der Waals surface area contributed by atoms with E-state index in [0.29, 0.717) is 12.4 Å². The van der Waals surface area contributed by atoms with Crippen LogP contribution in [0.15, 0.2) is 59.5 Å². The van der Waals surface area contributed by atoms with Crippen molar-refractivity contribution in [2.75, 3.05) is 6.54 Å². The number of carboxylic acid groups (broad SMARTS) is 1. The second-order valence-electron chi connectivity index (χ2n) is 6.39. The molecule has 1 aliphatic heterocycles. The zero-order valence-electron chi connectivity index (χ0n) is 14.6. The highest BCUT2D eigenvalue weighted by molar-refractivity contribution is 7.89. The highest BCUT2D eigenvalue weighted by Gasteiger charge is 2.40. The summed E-state index contributed by atoms with van der Waals surface area (Å²) in [5.41, 5.74) is 0.991. The van der Waals surface area contributed by atoms with Crippen LogP contribution in [-0.2, 0) is 21.4 Å². The summed E-state index contributed by atoms with van der Waals surface area (Å²) in [6.07, 6.45) is -0.722. The summed E-state index contributed by atoms with van der Waals surface area (Å²) >= 11 is 0. The normalized spacial score (nSPS) is 20.9. The second-order valence-corrected chi connectivity index (χ2v) is 8.28. The van der Waals surface area contributed by atoms with Gasteiger partial charge in [-0.05, 0) is 36.2 Å². The van der Waals surface area contributed by atoms with Crippen LogP contribution < -0.4 is 4.74 Å². The molecule has 0 unspecified atom stereocenters. The first kappa shape index (κ1) is 19.3. The number of piperidine rings is 1. The van der Waals surface area contributed by atoms with Gasteiger partial charge in [-0.1, -0.05) is 30.3 Å². The summed E-state index contributed by atoms with van der Waals surface area (Å²) in [7, 11) is -3.98. The average molecular weight is 391 g/mol. The van der Waals surface area contributed by atoms with E-state index < -0.39 is 28.1 Å². The quantitative estimate of drug-likeness (QED) is 0.779. The summed E-state index contributed by atoms with van der Waals surface area (Å²) in [4.78, 5) is 11.4. The Morgan fingerprint density at radius 2 is 1.78 bits per heavy atom. The number of carboxylic acids is 1. The standard InChI is InChI=1S/C19H21NO6S/c21-15-10-11-20(18(12-15)19(22)23)27(24,25)17-8-6-16(7-9-17)26-13-14-4-2-1-3-5-14/h1-9,15,18,21H,10-13H2,(H,22,23)/t15-,18-/m1/s1. The lowest BCUT2D eigenvalue weighted by Gasteiger charge is -2.34. The Balaban J connectivity index is 1.74. The number of aliphatic carboxylic acids is 1. The molecule has 2 atom stereocenters. The van der Waals surface area contributed by atoms with Gasteiger partial charge in [0.25, 0.3) is 0 Å². The van der Waals surface area contributed by atoms with E-state index in [1.54, 1.807) is 12.1 Å². The number of sulfonamides is 1. The molecule has 8 heteroatoms. The van der Waals surface area contributed by atoms with E-state index in [-0.39, 0.29) is 24.3 Å². The van der Waals surface area contributed by atoms with Crippen LogP contribution in [0, 0.1) is 0 Å². The molecule has 0 radical (unpaired) electrons. The fourth-order valence-electron chi connectivity index (χ4n) is 3.02. The third-order valence-corrected chi connectivity index (χ3v) is 6.41. The van der Waals surface area contributed by atoms with E-state index >= 15 is 0 Å². The maximum atomic E-state index is 12.8. The van der Waals surface area contributed by atoms with Crippen LogP contribution >= 0.6 is 0 Å². The lowest BCUT2D eigenvalue weighted by molar-refractivity contribution is -0.143.